The molecule has 1 aromatic carbocycles. The van der Waals surface area contributed by atoms with E-state index >= 15 is 0 Å². The largest absolute Gasteiger partial charge is 0.300 e. The van der Waals surface area contributed by atoms with Crippen molar-refractivity contribution in [3.8, 4) is 0 Å². The number of halogens is 3. The fourth-order valence-corrected chi connectivity index (χ4v) is 1.26. The Bertz CT molecular complexity index is 467. The maximum absolute atomic E-state index is 13.2. The first-order valence-electron chi connectivity index (χ1n) is 4.51. The second-order valence-electron chi connectivity index (χ2n) is 3.48. The molecule has 0 saturated heterocycles. The molecule has 0 aliphatic carbocycles. The molecule has 0 N–H and O–H groups in total. The standard InChI is InChI=1S/C11H9F3O2/c1-5-3-7(8(16)4-6(2)15)10(13)11(14)9(5)12/h3H,4H2,1-2H3. The van der Waals surface area contributed by atoms with Crippen molar-refractivity contribution in [1.29, 1.82) is 0 Å². The Balaban J connectivity index is 3.25. The van der Waals surface area contributed by atoms with Crippen LogP contribution in [-0.4, -0.2) is 11.6 Å². The van der Waals surface area contributed by atoms with Crippen molar-refractivity contribution < 1.29 is 22.8 Å². The van der Waals surface area contributed by atoms with Gasteiger partial charge < -0.3 is 0 Å². The molecule has 0 fully saturated rings. The van der Waals surface area contributed by atoms with Crippen LogP contribution in [0.4, 0.5) is 13.2 Å². The molecule has 0 aliphatic rings. The molecule has 1 rings (SSSR count). The molecule has 1 aromatic rings. The molecule has 0 bridgehead atoms. The topological polar surface area (TPSA) is 34.1 Å². The van der Waals surface area contributed by atoms with E-state index < -0.39 is 41.0 Å². The molecule has 5 heteroatoms. The van der Waals surface area contributed by atoms with Gasteiger partial charge in [0.1, 0.15) is 5.78 Å². The van der Waals surface area contributed by atoms with Crippen molar-refractivity contribution >= 4 is 11.6 Å². The van der Waals surface area contributed by atoms with Crippen LogP contribution in [0.2, 0.25) is 0 Å². The van der Waals surface area contributed by atoms with E-state index in [-0.39, 0.29) is 5.56 Å². The highest BCUT2D eigenvalue weighted by molar-refractivity contribution is 6.07. The Kier molecular flexibility index (Phi) is 3.47. The lowest BCUT2D eigenvalue weighted by molar-refractivity contribution is -0.116. The average molecular weight is 230 g/mol. The molecule has 86 valence electrons. The Hall–Kier alpha value is -1.65. The summed E-state index contributed by atoms with van der Waals surface area (Å²) >= 11 is 0. The van der Waals surface area contributed by atoms with Gasteiger partial charge in [0.05, 0.1) is 12.0 Å². The highest BCUT2D eigenvalue weighted by atomic mass is 19.2. The van der Waals surface area contributed by atoms with Crippen LogP contribution in [0, 0.1) is 24.4 Å². The normalized spacial score (nSPS) is 10.3. The van der Waals surface area contributed by atoms with E-state index in [1.807, 2.05) is 0 Å². The number of Topliss-reactive ketones (excluding diaryl/α,β-unsaturated/α-hetero) is 2. The summed E-state index contributed by atoms with van der Waals surface area (Å²) in [6.45, 7) is 2.37. The average Bonchev–Trinajstić information content (AvgIpc) is 2.19. The lowest BCUT2D eigenvalue weighted by Gasteiger charge is -2.05. The minimum absolute atomic E-state index is 0.175. The predicted molar refractivity (Wildman–Crippen MR) is 50.7 cm³/mol. The molecule has 0 saturated carbocycles. The molecule has 16 heavy (non-hydrogen) atoms. The van der Waals surface area contributed by atoms with E-state index in [0.29, 0.717) is 0 Å². The summed E-state index contributed by atoms with van der Waals surface area (Å²) < 4.78 is 39.1. The molecule has 0 radical (unpaired) electrons. The van der Waals surface area contributed by atoms with Gasteiger partial charge >= 0.3 is 0 Å². The van der Waals surface area contributed by atoms with Gasteiger partial charge in [0.2, 0.25) is 0 Å². The first kappa shape index (κ1) is 12.4. The number of benzene rings is 1. The van der Waals surface area contributed by atoms with Gasteiger partial charge in [-0.1, -0.05) is 0 Å². The van der Waals surface area contributed by atoms with E-state index in [1.54, 1.807) is 0 Å². The van der Waals surface area contributed by atoms with Crippen molar-refractivity contribution in [2.75, 3.05) is 0 Å². The van der Waals surface area contributed by atoms with Crippen molar-refractivity contribution in [3.05, 3.63) is 34.6 Å². The van der Waals surface area contributed by atoms with E-state index in [1.165, 1.54) is 6.92 Å². The van der Waals surface area contributed by atoms with Gasteiger partial charge in [0.15, 0.2) is 23.2 Å². The van der Waals surface area contributed by atoms with Crippen LogP contribution in [0.25, 0.3) is 0 Å². The quantitative estimate of drug-likeness (QED) is 0.454. The number of hydrogen-bond donors (Lipinski definition) is 0. The zero-order chi connectivity index (χ0) is 12.5. The van der Waals surface area contributed by atoms with E-state index in [2.05, 4.69) is 0 Å². The van der Waals surface area contributed by atoms with Gasteiger partial charge in [-0.05, 0) is 25.5 Å². The molecular formula is C11H9F3O2. The number of carbonyl (C=O) groups is 2. The highest BCUT2D eigenvalue weighted by Gasteiger charge is 2.21. The van der Waals surface area contributed by atoms with Crippen LogP contribution >= 0.6 is 0 Å². The second-order valence-corrected chi connectivity index (χ2v) is 3.48. The summed E-state index contributed by atoms with van der Waals surface area (Å²) in [6.07, 6.45) is -0.526. The lowest BCUT2D eigenvalue weighted by Crippen LogP contribution is -2.10. The first-order chi connectivity index (χ1) is 7.34. The Morgan fingerprint density at radius 3 is 2.19 bits per heavy atom. The molecule has 0 aromatic heterocycles. The minimum Gasteiger partial charge on any atom is -0.300 e. The van der Waals surface area contributed by atoms with Crippen LogP contribution < -0.4 is 0 Å². The molecule has 0 atom stereocenters. The maximum Gasteiger partial charge on any atom is 0.195 e. The molecule has 0 heterocycles. The van der Waals surface area contributed by atoms with Crippen LogP contribution in [0.15, 0.2) is 6.07 Å². The molecular weight excluding hydrogens is 221 g/mol. The fraction of sp³-hybridized carbons (Fsp3) is 0.273. The van der Waals surface area contributed by atoms with Crippen molar-refractivity contribution in [3.63, 3.8) is 0 Å². The Labute approximate surface area is 90.1 Å². The van der Waals surface area contributed by atoms with Crippen molar-refractivity contribution in [1.82, 2.24) is 0 Å². The van der Waals surface area contributed by atoms with Gasteiger partial charge in [-0.15, -0.1) is 0 Å². The Morgan fingerprint density at radius 1 is 1.12 bits per heavy atom. The van der Waals surface area contributed by atoms with Gasteiger partial charge in [-0.25, -0.2) is 13.2 Å². The van der Waals surface area contributed by atoms with Crippen LogP contribution in [0.3, 0.4) is 0 Å². The van der Waals surface area contributed by atoms with Gasteiger partial charge in [-0.2, -0.15) is 0 Å². The van der Waals surface area contributed by atoms with Gasteiger partial charge in [-0.3, -0.25) is 9.59 Å². The zero-order valence-corrected chi connectivity index (χ0v) is 8.73. The third kappa shape index (κ3) is 2.29. The number of carbonyl (C=O) groups excluding carboxylic acids is 2. The van der Waals surface area contributed by atoms with Gasteiger partial charge in [0, 0.05) is 0 Å². The monoisotopic (exact) mass is 230 g/mol. The highest BCUT2D eigenvalue weighted by Crippen LogP contribution is 2.20. The molecule has 2 nitrogen and oxygen atoms in total. The number of ketones is 2. The smallest absolute Gasteiger partial charge is 0.195 e. The summed E-state index contributed by atoms with van der Waals surface area (Å²) in [5, 5.41) is 0. The number of aryl methyl sites for hydroxylation is 1. The maximum atomic E-state index is 13.2. The summed E-state index contributed by atoms with van der Waals surface area (Å²) in [5.74, 6) is -5.88. The van der Waals surface area contributed by atoms with Crippen LogP contribution in [0.5, 0.6) is 0 Å². The predicted octanol–water partition coefficient (Wildman–Crippen LogP) is 2.57. The third-order valence-corrected chi connectivity index (χ3v) is 2.04. The lowest BCUT2D eigenvalue weighted by atomic mass is 10.0. The summed E-state index contributed by atoms with van der Waals surface area (Å²) in [5.41, 5.74) is -0.766. The van der Waals surface area contributed by atoms with E-state index in [0.717, 1.165) is 13.0 Å². The summed E-state index contributed by atoms with van der Waals surface area (Å²) in [4.78, 5) is 22.0. The molecule has 0 amide bonds. The number of hydrogen-bond acceptors (Lipinski definition) is 2. The van der Waals surface area contributed by atoms with E-state index in [4.69, 9.17) is 0 Å². The molecule has 0 spiro atoms. The minimum atomic E-state index is -1.69. The van der Waals surface area contributed by atoms with Crippen LogP contribution in [-0.2, 0) is 4.79 Å². The number of rotatable bonds is 3. The fourth-order valence-electron chi connectivity index (χ4n) is 1.26. The first-order valence-corrected chi connectivity index (χ1v) is 4.51. The SMILES string of the molecule is CC(=O)CC(=O)c1cc(C)c(F)c(F)c1F. The zero-order valence-electron chi connectivity index (χ0n) is 8.73. The Morgan fingerprint density at radius 2 is 1.69 bits per heavy atom. The molecule has 0 unspecified atom stereocenters. The van der Waals surface area contributed by atoms with Crippen LogP contribution in [0.1, 0.15) is 29.3 Å². The van der Waals surface area contributed by atoms with Crippen molar-refractivity contribution in [2.45, 2.75) is 20.3 Å². The van der Waals surface area contributed by atoms with Gasteiger partial charge in [0.25, 0.3) is 0 Å². The third-order valence-electron chi connectivity index (χ3n) is 2.04. The molecule has 0 aliphatic heterocycles. The van der Waals surface area contributed by atoms with E-state index in [9.17, 15) is 22.8 Å². The van der Waals surface area contributed by atoms with Crippen molar-refractivity contribution in [2.24, 2.45) is 0 Å². The summed E-state index contributed by atoms with van der Waals surface area (Å²) in [6, 6.07) is 0.902. The summed E-state index contributed by atoms with van der Waals surface area (Å²) in [7, 11) is 0. The second kappa shape index (κ2) is 4.47.